The molecule has 0 N–H and O–H groups in total. The second kappa shape index (κ2) is 8.07. The van der Waals surface area contributed by atoms with Gasteiger partial charge in [0, 0.05) is 27.7 Å². The van der Waals surface area contributed by atoms with Crippen molar-refractivity contribution >= 4 is 57.8 Å². The van der Waals surface area contributed by atoms with Crippen molar-refractivity contribution in [1.29, 1.82) is 0 Å². The monoisotopic (exact) mass is 443 g/mol. The number of anilines is 2. The van der Waals surface area contributed by atoms with Gasteiger partial charge in [-0.25, -0.2) is 5.01 Å². The SMILES string of the molecule is CC(=O)C1=NN(c2ccc(Cl)cc2)C(c2ccc(Cl)cc2)N1c1ccc(Cl)cc1. The summed E-state index contributed by atoms with van der Waals surface area (Å²) in [5, 5.41) is 8.35. The van der Waals surface area contributed by atoms with Crippen LogP contribution < -0.4 is 9.91 Å². The number of ketones is 1. The molecule has 0 aromatic heterocycles. The first-order chi connectivity index (χ1) is 13.9. The number of halogens is 3. The summed E-state index contributed by atoms with van der Waals surface area (Å²) in [4.78, 5) is 14.4. The molecule has 3 aromatic carbocycles. The summed E-state index contributed by atoms with van der Waals surface area (Å²) in [6, 6.07) is 22.2. The molecule has 29 heavy (non-hydrogen) atoms. The van der Waals surface area contributed by atoms with Crippen molar-refractivity contribution in [3.63, 3.8) is 0 Å². The minimum Gasteiger partial charge on any atom is -0.295 e. The number of Topliss-reactive ketones (excluding diaryl/α,β-unsaturated/α-hetero) is 1. The Morgan fingerprint density at radius 1 is 0.759 bits per heavy atom. The number of rotatable bonds is 4. The van der Waals surface area contributed by atoms with Crippen LogP contribution in [0.2, 0.25) is 15.1 Å². The van der Waals surface area contributed by atoms with Crippen LogP contribution in [0.4, 0.5) is 11.4 Å². The summed E-state index contributed by atoms with van der Waals surface area (Å²) in [5.74, 6) is 0.192. The van der Waals surface area contributed by atoms with Crippen molar-refractivity contribution in [1.82, 2.24) is 0 Å². The van der Waals surface area contributed by atoms with Gasteiger partial charge < -0.3 is 0 Å². The normalized spacial score (nSPS) is 16.1. The van der Waals surface area contributed by atoms with E-state index in [4.69, 9.17) is 34.8 Å². The molecule has 7 heteroatoms. The van der Waals surface area contributed by atoms with E-state index in [1.54, 1.807) is 24.3 Å². The molecule has 0 saturated carbocycles. The van der Waals surface area contributed by atoms with Gasteiger partial charge in [-0.1, -0.05) is 46.9 Å². The highest BCUT2D eigenvalue weighted by molar-refractivity contribution is 6.44. The molecule has 1 atom stereocenters. The number of carbonyl (C=O) groups is 1. The number of nitrogens with zero attached hydrogens (tertiary/aromatic N) is 3. The predicted molar refractivity (Wildman–Crippen MR) is 120 cm³/mol. The Bertz CT molecular complexity index is 1060. The van der Waals surface area contributed by atoms with Crippen LogP contribution in [-0.4, -0.2) is 11.6 Å². The fourth-order valence-corrected chi connectivity index (χ4v) is 3.63. The highest BCUT2D eigenvalue weighted by Gasteiger charge is 2.39. The molecular weight excluding hydrogens is 429 g/mol. The molecule has 1 unspecified atom stereocenters. The zero-order valence-electron chi connectivity index (χ0n) is 15.4. The predicted octanol–water partition coefficient (Wildman–Crippen LogP) is 6.57. The van der Waals surface area contributed by atoms with Gasteiger partial charge >= 0.3 is 0 Å². The van der Waals surface area contributed by atoms with Gasteiger partial charge in [-0.3, -0.25) is 9.69 Å². The number of hydrazone groups is 1. The first-order valence-corrected chi connectivity index (χ1v) is 10.0. The number of hydrogen-bond acceptors (Lipinski definition) is 4. The molecule has 0 saturated heterocycles. The third kappa shape index (κ3) is 3.97. The van der Waals surface area contributed by atoms with E-state index >= 15 is 0 Å². The van der Waals surface area contributed by atoms with Crippen LogP contribution in [0.25, 0.3) is 0 Å². The first kappa shape index (κ1) is 19.8. The Kier molecular flexibility index (Phi) is 5.50. The Morgan fingerprint density at radius 2 is 1.21 bits per heavy atom. The van der Waals surface area contributed by atoms with Crippen molar-refractivity contribution in [2.45, 2.75) is 13.1 Å². The maximum atomic E-state index is 12.5. The van der Waals surface area contributed by atoms with Crippen LogP contribution in [0, 0.1) is 0 Å². The zero-order valence-corrected chi connectivity index (χ0v) is 17.7. The highest BCUT2D eigenvalue weighted by Crippen LogP contribution is 2.39. The molecule has 0 radical (unpaired) electrons. The second-order valence-corrected chi connectivity index (χ2v) is 7.88. The fraction of sp³-hybridized carbons (Fsp3) is 0.0909. The van der Waals surface area contributed by atoms with E-state index in [9.17, 15) is 4.79 Å². The second-order valence-electron chi connectivity index (χ2n) is 6.57. The van der Waals surface area contributed by atoms with E-state index in [0.29, 0.717) is 20.9 Å². The number of hydrogen-bond donors (Lipinski definition) is 0. The third-order valence-electron chi connectivity index (χ3n) is 4.59. The van der Waals surface area contributed by atoms with Crippen molar-refractivity contribution in [2.24, 2.45) is 5.10 Å². The molecule has 4 rings (SSSR count). The van der Waals surface area contributed by atoms with Gasteiger partial charge in [0.05, 0.1) is 5.69 Å². The van der Waals surface area contributed by atoms with E-state index < -0.39 is 0 Å². The molecule has 146 valence electrons. The Balaban J connectivity index is 1.89. The topological polar surface area (TPSA) is 35.9 Å². The fourth-order valence-electron chi connectivity index (χ4n) is 3.25. The van der Waals surface area contributed by atoms with Crippen LogP contribution in [0.3, 0.4) is 0 Å². The smallest absolute Gasteiger partial charge is 0.198 e. The zero-order chi connectivity index (χ0) is 20.5. The van der Waals surface area contributed by atoms with Gasteiger partial charge in [0.25, 0.3) is 0 Å². The van der Waals surface area contributed by atoms with Crippen molar-refractivity contribution < 1.29 is 4.79 Å². The minimum absolute atomic E-state index is 0.143. The minimum atomic E-state index is -0.381. The summed E-state index contributed by atoms with van der Waals surface area (Å²) in [6.07, 6.45) is -0.381. The summed E-state index contributed by atoms with van der Waals surface area (Å²) in [5.41, 5.74) is 2.55. The van der Waals surface area contributed by atoms with Gasteiger partial charge in [0.2, 0.25) is 0 Å². The molecule has 0 bridgehead atoms. The van der Waals surface area contributed by atoms with Crippen LogP contribution in [-0.2, 0) is 4.79 Å². The number of carbonyl (C=O) groups excluding carboxylic acids is 1. The molecule has 0 spiro atoms. The molecule has 1 aliphatic heterocycles. The lowest BCUT2D eigenvalue weighted by Crippen LogP contribution is -2.37. The third-order valence-corrected chi connectivity index (χ3v) is 5.34. The van der Waals surface area contributed by atoms with Crippen LogP contribution in [0.1, 0.15) is 18.7 Å². The van der Waals surface area contributed by atoms with E-state index in [1.807, 2.05) is 58.4 Å². The number of benzene rings is 3. The van der Waals surface area contributed by atoms with Gasteiger partial charge in [-0.15, -0.1) is 5.10 Å². The van der Waals surface area contributed by atoms with Gasteiger partial charge in [-0.2, -0.15) is 0 Å². The molecule has 1 aliphatic rings. The van der Waals surface area contributed by atoms with Crippen molar-refractivity contribution in [3.05, 3.63) is 93.4 Å². The summed E-state index contributed by atoms with van der Waals surface area (Å²) in [6.45, 7) is 1.51. The van der Waals surface area contributed by atoms with E-state index in [1.165, 1.54) is 6.92 Å². The van der Waals surface area contributed by atoms with Gasteiger partial charge in [0.1, 0.15) is 0 Å². The largest absolute Gasteiger partial charge is 0.295 e. The quantitative estimate of drug-likeness (QED) is 0.456. The average Bonchev–Trinajstić information content (AvgIpc) is 3.10. The van der Waals surface area contributed by atoms with E-state index in [-0.39, 0.29) is 11.9 Å². The van der Waals surface area contributed by atoms with E-state index in [2.05, 4.69) is 5.10 Å². The molecule has 0 amide bonds. The lowest BCUT2D eigenvalue weighted by Gasteiger charge is -2.32. The van der Waals surface area contributed by atoms with Crippen LogP contribution in [0.5, 0.6) is 0 Å². The van der Waals surface area contributed by atoms with Gasteiger partial charge in [-0.05, 0) is 66.2 Å². The summed E-state index contributed by atoms with van der Waals surface area (Å²) in [7, 11) is 0. The summed E-state index contributed by atoms with van der Waals surface area (Å²) >= 11 is 18.2. The van der Waals surface area contributed by atoms with Gasteiger partial charge in [0.15, 0.2) is 17.8 Å². The summed E-state index contributed by atoms with van der Waals surface area (Å²) < 4.78 is 0. The van der Waals surface area contributed by atoms with Crippen molar-refractivity contribution in [3.8, 4) is 0 Å². The molecule has 0 fully saturated rings. The van der Waals surface area contributed by atoms with Crippen LogP contribution >= 0.6 is 34.8 Å². The lowest BCUT2D eigenvalue weighted by atomic mass is 10.1. The molecule has 1 heterocycles. The van der Waals surface area contributed by atoms with E-state index in [0.717, 1.165) is 16.9 Å². The highest BCUT2D eigenvalue weighted by atomic mass is 35.5. The Morgan fingerprint density at radius 3 is 1.69 bits per heavy atom. The Hall–Kier alpha value is -2.53. The lowest BCUT2D eigenvalue weighted by molar-refractivity contribution is -0.111. The molecule has 3 aromatic rings. The first-order valence-electron chi connectivity index (χ1n) is 8.88. The molecular formula is C22H16Cl3N3O. The molecule has 4 nitrogen and oxygen atoms in total. The maximum absolute atomic E-state index is 12.5. The number of amidine groups is 1. The maximum Gasteiger partial charge on any atom is 0.198 e. The van der Waals surface area contributed by atoms with Crippen molar-refractivity contribution in [2.75, 3.05) is 9.91 Å². The average molecular weight is 445 g/mol. The molecule has 0 aliphatic carbocycles. The standard InChI is InChI=1S/C22H16Cl3N3O/c1-14(29)21-26-28(20-12-8-18(25)9-13-20)22(15-2-4-16(23)5-3-15)27(21)19-10-6-17(24)7-11-19/h2-13,22H,1H3. The Labute approximate surface area is 183 Å². The van der Waals surface area contributed by atoms with Crippen LogP contribution in [0.15, 0.2) is 77.9 Å².